The molecule has 2 N–H and O–H groups in total. The Bertz CT molecular complexity index is 961. The van der Waals surface area contributed by atoms with Gasteiger partial charge in [0, 0.05) is 29.6 Å². The Morgan fingerprint density at radius 1 is 1.12 bits per heavy atom. The first-order chi connectivity index (χ1) is 12.5. The van der Waals surface area contributed by atoms with Gasteiger partial charge in [-0.2, -0.15) is 0 Å². The van der Waals surface area contributed by atoms with Gasteiger partial charge in [-0.1, -0.05) is 30.3 Å². The fourth-order valence-electron chi connectivity index (χ4n) is 3.15. The van der Waals surface area contributed by atoms with Crippen molar-refractivity contribution in [3.8, 4) is 0 Å². The topological polar surface area (TPSA) is 71.3 Å². The van der Waals surface area contributed by atoms with Gasteiger partial charge in [-0.15, -0.1) is 0 Å². The first-order valence-electron chi connectivity index (χ1n) is 8.35. The van der Waals surface area contributed by atoms with Crippen LogP contribution in [0, 0.1) is 5.82 Å². The number of carbonyl (C=O) groups excluding carboxylic acids is 1. The van der Waals surface area contributed by atoms with Crippen LogP contribution in [0.2, 0.25) is 0 Å². The molecule has 0 radical (unpaired) electrons. The lowest BCUT2D eigenvalue weighted by molar-refractivity contribution is -0.120. The Balaban J connectivity index is 1.85. The number of nitrogens with zero attached hydrogens (tertiary/aromatic N) is 1. The number of benzene rings is 2. The number of hydrogen-bond acceptors (Lipinski definition) is 2. The maximum atomic E-state index is 12.9. The van der Waals surface area contributed by atoms with Crippen molar-refractivity contribution < 1.29 is 19.1 Å². The third-order valence-corrected chi connectivity index (χ3v) is 4.33. The van der Waals surface area contributed by atoms with Crippen molar-refractivity contribution in [2.24, 2.45) is 0 Å². The maximum Gasteiger partial charge on any atom is 0.352 e. The number of carbonyl (C=O) groups is 2. The monoisotopic (exact) mass is 354 g/mol. The summed E-state index contributed by atoms with van der Waals surface area (Å²) in [6, 6.07) is 13.2. The standard InChI is InChI=1S/C20H19FN2O3/c1-2-23-17-6-4-3-5-15(17)16(19(23)20(25)26)11-18(24)22-12-13-7-9-14(21)10-8-13/h3-10H,2,11-12H2,1H3,(H,22,24)(H,25,26). The van der Waals surface area contributed by atoms with Gasteiger partial charge in [0.15, 0.2) is 0 Å². The number of amides is 1. The number of aryl methyl sites for hydroxylation is 1. The number of carboxylic acids is 1. The smallest absolute Gasteiger partial charge is 0.352 e. The SMILES string of the molecule is CCn1c(C(=O)O)c(CC(=O)NCc2ccc(F)cc2)c2ccccc21. The van der Waals surface area contributed by atoms with Crippen molar-refractivity contribution in [1.82, 2.24) is 9.88 Å². The van der Waals surface area contributed by atoms with Gasteiger partial charge < -0.3 is 15.0 Å². The molecule has 2 aromatic carbocycles. The largest absolute Gasteiger partial charge is 0.477 e. The zero-order valence-electron chi connectivity index (χ0n) is 14.3. The van der Waals surface area contributed by atoms with E-state index in [0.29, 0.717) is 12.1 Å². The van der Waals surface area contributed by atoms with Crippen LogP contribution in [0.25, 0.3) is 10.9 Å². The van der Waals surface area contributed by atoms with Gasteiger partial charge in [-0.25, -0.2) is 9.18 Å². The first-order valence-corrected chi connectivity index (χ1v) is 8.35. The molecule has 0 aliphatic rings. The second-order valence-corrected chi connectivity index (χ2v) is 5.97. The summed E-state index contributed by atoms with van der Waals surface area (Å²) in [5.74, 6) is -1.67. The Kier molecular flexibility index (Phi) is 5.02. The molecule has 5 nitrogen and oxygen atoms in total. The highest BCUT2D eigenvalue weighted by Gasteiger charge is 2.23. The van der Waals surface area contributed by atoms with E-state index in [0.717, 1.165) is 16.5 Å². The summed E-state index contributed by atoms with van der Waals surface area (Å²) in [6.07, 6.45) is -0.0314. The molecule has 3 rings (SSSR count). The molecule has 0 unspecified atom stereocenters. The normalized spacial score (nSPS) is 10.8. The van der Waals surface area contributed by atoms with E-state index in [9.17, 15) is 19.1 Å². The van der Waals surface area contributed by atoms with E-state index in [1.807, 2.05) is 31.2 Å². The minimum atomic E-state index is -1.05. The number of rotatable bonds is 6. The molecule has 0 saturated carbocycles. The summed E-state index contributed by atoms with van der Waals surface area (Å²) < 4.78 is 14.6. The van der Waals surface area contributed by atoms with Crippen molar-refractivity contribution in [3.63, 3.8) is 0 Å². The van der Waals surface area contributed by atoms with Crippen LogP contribution >= 0.6 is 0 Å². The number of carboxylic acid groups (broad SMARTS) is 1. The molecule has 134 valence electrons. The lowest BCUT2D eigenvalue weighted by Gasteiger charge is -2.07. The number of nitrogens with one attached hydrogen (secondary N) is 1. The zero-order chi connectivity index (χ0) is 18.7. The Morgan fingerprint density at radius 3 is 2.46 bits per heavy atom. The summed E-state index contributed by atoms with van der Waals surface area (Å²) in [5.41, 5.74) is 2.22. The van der Waals surface area contributed by atoms with E-state index < -0.39 is 5.97 Å². The number of para-hydroxylation sites is 1. The molecule has 1 amide bonds. The fourth-order valence-corrected chi connectivity index (χ4v) is 3.15. The molecule has 0 aliphatic carbocycles. The van der Waals surface area contributed by atoms with E-state index >= 15 is 0 Å². The lowest BCUT2D eigenvalue weighted by atomic mass is 10.1. The third-order valence-electron chi connectivity index (χ3n) is 4.33. The molecular formula is C20H19FN2O3. The van der Waals surface area contributed by atoms with Crippen LogP contribution in [-0.2, 0) is 24.3 Å². The van der Waals surface area contributed by atoms with Gasteiger partial charge >= 0.3 is 5.97 Å². The second kappa shape index (κ2) is 7.39. The zero-order valence-corrected chi connectivity index (χ0v) is 14.3. The number of hydrogen-bond donors (Lipinski definition) is 2. The van der Waals surface area contributed by atoms with Crippen molar-refractivity contribution in [2.75, 3.05) is 0 Å². The van der Waals surface area contributed by atoms with Crippen LogP contribution in [0.5, 0.6) is 0 Å². The quantitative estimate of drug-likeness (QED) is 0.713. The number of halogens is 1. The molecule has 3 aromatic rings. The highest BCUT2D eigenvalue weighted by Crippen LogP contribution is 2.27. The second-order valence-electron chi connectivity index (χ2n) is 5.97. The molecule has 26 heavy (non-hydrogen) atoms. The van der Waals surface area contributed by atoms with Crippen molar-refractivity contribution in [3.05, 3.63) is 71.2 Å². The van der Waals surface area contributed by atoms with Crippen LogP contribution in [0.3, 0.4) is 0 Å². The Morgan fingerprint density at radius 2 is 1.81 bits per heavy atom. The Labute approximate surface area is 150 Å². The minimum Gasteiger partial charge on any atom is -0.477 e. The molecule has 0 fully saturated rings. The summed E-state index contributed by atoms with van der Waals surface area (Å²) in [4.78, 5) is 24.2. The van der Waals surface area contributed by atoms with Crippen LogP contribution in [0.1, 0.15) is 28.5 Å². The van der Waals surface area contributed by atoms with Crippen LogP contribution in [0.15, 0.2) is 48.5 Å². The first kappa shape index (κ1) is 17.7. The highest BCUT2D eigenvalue weighted by molar-refractivity contribution is 6.00. The summed E-state index contributed by atoms with van der Waals surface area (Å²) in [6.45, 7) is 2.63. The van der Waals surface area contributed by atoms with Crippen molar-refractivity contribution in [2.45, 2.75) is 26.4 Å². The van der Waals surface area contributed by atoms with Gasteiger partial charge in [0.05, 0.1) is 6.42 Å². The van der Waals surface area contributed by atoms with Crippen LogP contribution < -0.4 is 5.32 Å². The molecule has 1 aromatic heterocycles. The van der Waals surface area contributed by atoms with Crippen LogP contribution in [0.4, 0.5) is 4.39 Å². The number of aromatic carboxylic acids is 1. The van der Waals surface area contributed by atoms with E-state index in [1.165, 1.54) is 12.1 Å². The molecule has 0 bridgehead atoms. The van der Waals surface area contributed by atoms with Gasteiger partial charge in [-0.3, -0.25) is 4.79 Å². The molecule has 0 aliphatic heterocycles. The highest BCUT2D eigenvalue weighted by atomic mass is 19.1. The summed E-state index contributed by atoms with van der Waals surface area (Å²) in [5, 5.41) is 13.2. The number of fused-ring (bicyclic) bond motifs is 1. The molecule has 0 atom stereocenters. The average molecular weight is 354 g/mol. The van der Waals surface area contributed by atoms with Gasteiger partial charge in [0.2, 0.25) is 5.91 Å². The molecule has 6 heteroatoms. The van der Waals surface area contributed by atoms with E-state index in [1.54, 1.807) is 16.7 Å². The molecule has 1 heterocycles. The molecular weight excluding hydrogens is 335 g/mol. The lowest BCUT2D eigenvalue weighted by Crippen LogP contribution is -2.25. The van der Waals surface area contributed by atoms with Crippen molar-refractivity contribution in [1.29, 1.82) is 0 Å². The van der Waals surface area contributed by atoms with E-state index in [4.69, 9.17) is 0 Å². The molecule has 0 saturated heterocycles. The predicted molar refractivity (Wildman–Crippen MR) is 96.5 cm³/mol. The summed E-state index contributed by atoms with van der Waals surface area (Å²) in [7, 11) is 0. The maximum absolute atomic E-state index is 12.9. The van der Waals surface area contributed by atoms with Crippen molar-refractivity contribution >= 4 is 22.8 Å². The van der Waals surface area contributed by atoms with Crippen LogP contribution in [-0.4, -0.2) is 21.6 Å². The van der Waals surface area contributed by atoms with E-state index in [-0.39, 0.29) is 30.4 Å². The molecule has 0 spiro atoms. The van der Waals surface area contributed by atoms with Gasteiger partial charge in [-0.05, 0) is 30.7 Å². The fraction of sp³-hybridized carbons (Fsp3) is 0.200. The minimum absolute atomic E-state index is 0.0314. The predicted octanol–water partition coefficient (Wildman–Crippen LogP) is 3.36. The summed E-state index contributed by atoms with van der Waals surface area (Å²) >= 11 is 0. The van der Waals surface area contributed by atoms with E-state index in [2.05, 4.69) is 5.32 Å². The number of aromatic nitrogens is 1. The Hall–Kier alpha value is -3.15. The van der Waals surface area contributed by atoms with Gasteiger partial charge in [0.25, 0.3) is 0 Å². The third kappa shape index (κ3) is 3.44. The average Bonchev–Trinajstić information content (AvgIpc) is 2.95. The van der Waals surface area contributed by atoms with Gasteiger partial charge in [0.1, 0.15) is 11.5 Å².